The Balaban J connectivity index is 1.88. The molecule has 17 heavy (non-hydrogen) atoms. The third-order valence-corrected chi connectivity index (χ3v) is 3.74. The van der Waals surface area contributed by atoms with Crippen LogP contribution in [0.2, 0.25) is 0 Å². The van der Waals surface area contributed by atoms with Crippen molar-refractivity contribution >= 4 is 21.6 Å². The minimum atomic E-state index is 0.414. The van der Waals surface area contributed by atoms with Gasteiger partial charge in [-0.3, -0.25) is 4.90 Å². The summed E-state index contributed by atoms with van der Waals surface area (Å²) in [5.74, 6) is 0. The molecule has 1 fully saturated rings. The molecule has 0 aromatic heterocycles. The largest absolute Gasteiger partial charge is 0.398 e. The van der Waals surface area contributed by atoms with Crippen LogP contribution in [0.4, 0.5) is 5.69 Å². The monoisotopic (exact) mass is 298 g/mol. The molecule has 3 nitrogen and oxygen atoms in total. The van der Waals surface area contributed by atoms with Crippen molar-refractivity contribution in [3.8, 4) is 0 Å². The Bertz CT molecular complexity index is 378. The molecule has 0 bridgehead atoms. The highest BCUT2D eigenvalue weighted by Crippen LogP contribution is 2.21. The number of likely N-dealkylation sites (N-methyl/N-ethyl adjacent to an activating group) is 1. The van der Waals surface area contributed by atoms with E-state index in [1.54, 1.807) is 0 Å². The van der Waals surface area contributed by atoms with Gasteiger partial charge >= 0.3 is 0 Å². The normalized spacial score (nSPS) is 20.1. The van der Waals surface area contributed by atoms with E-state index in [4.69, 9.17) is 10.5 Å². The molecule has 1 unspecified atom stereocenters. The predicted octanol–water partition coefficient (Wildman–Crippen LogP) is 2.64. The number of nitrogen functional groups attached to an aromatic ring is 1. The van der Waals surface area contributed by atoms with Crippen LogP contribution in [0.25, 0.3) is 0 Å². The lowest BCUT2D eigenvalue weighted by Crippen LogP contribution is -2.28. The zero-order valence-electron chi connectivity index (χ0n) is 10.2. The van der Waals surface area contributed by atoms with Gasteiger partial charge < -0.3 is 10.5 Å². The van der Waals surface area contributed by atoms with Crippen LogP contribution in [0.3, 0.4) is 0 Å². The zero-order chi connectivity index (χ0) is 12.3. The SMILES string of the molecule is CN(Cc1ccc(N)c(Br)c1)CC1CCCO1. The summed E-state index contributed by atoms with van der Waals surface area (Å²) in [5.41, 5.74) is 7.83. The molecule has 0 spiro atoms. The molecule has 1 atom stereocenters. The van der Waals surface area contributed by atoms with Crippen LogP contribution in [0.1, 0.15) is 18.4 Å². The van der Waals surface area contributed by atoms with E-state index in [-0.39, 0.29) is 0 Å². The number of anilines is 1. The molecular formula is C13H19BrN2O. The highest BCUT2D eigenvalue weighted by Gasteiger charge is 2.17. The fourth-order valence-corrected chi connectivity index (χ4v) is 2.61. The van der Waals surface area contributed by atoms with E-state index < -0.39 is 0 Å². The molecule has 1 heterocycles. The number of ether oxygens (including phenoxy) is 1. The quantitative estimate of drug-likeness (QED) is 0.869. The van der Waals surface area contributed by atoms with E-state index in [1.165, 1.54) is 18.4 Å². The summed E-state index contributed by atoms with van der Waals surface area (Å²) in [5, 5.41) is 0. The zero-order valence-corrected chi connectivity index (χ0v) is 11.7. The van der Waals surface area contributed by atoms with Crippen LogP contribution < -0.4 is 5.73 Å². The molecule has 1 aromatic carbocycles. The van der Waals surface area contributed by atoms with Crippen molar-refractivity contribution in [2.45, 2.75) is 25.5 Å². The maximum absolute atomic E-state index is 5.77. The van der Waals surface area contributed by atoms with Gasteiger partial charge in [0.25, 0.3) is 0 Å². The summed E-state index contributed by atoms with van der Waals surface area (Å²) in [6.07, 6.45) is 2.80. The molecule has 1 aromatic rings. The second-order valence-electron chi connectivity index (χ2n) is 4.69. The first kappa shape index (κ1) is 12.9. The van der Waals surface area contributed by atoms with Gasteiger partial charge in [-0.1, -0.05) is 6.07 Å². The van der Waals surface area contributed by atoms with Crippen molar-refractivity contribution in [2.24, 2.45) is 0 Å². The van der Waals surface area contributed by atoms with Gasteiger partial charge in [0.05, 0.1) is 6.10 Å². The molecule has 0 aliphatic carbocycles. The molecule has 1 aliphatic heterocycles. The van der Waals surface area contributed by atoms with Gasteiger partial charge in [0.15, 0.2) is 0 Å². The van der Waals surface area contributed by atoms with Crippen LogP contribution in [-0.4, -0.2) is 31.2 Å². The maximum atomic E-state index is 5.77. The Labute approximate surface area is 111 Å². The van der Waals surface area contributed by atoms with Crippen molar-refractivity contribution in [3.63, 3.8) is 0 Å². The fraction of sp³-hybridized carbons (Fsp3) is 0.538. The average Bonchev–Trinajstić information content (AvgIpc) is 2.76. The Morgan fingerprint density at radius 1 is 1.53 bits per heavy atom. The molecule has 1 saturated heterocycles. The number of halogens is 1. The molecule has 0 radical (unpaired) electrons. The lowest BCUT2D eigenvalue weighted by molar-refractivity contribution is 0.0793. The van der Waals surface area contributed by atoms with E-state index in [9.17, 15) is 0 Å². The molecular weight excluding hydrogens is 280 g/mol. The highest BCUT2D eigenvalue weighted by atomic mass is 79.9. The van der Waals surface area contributed by atoms with Gasteiger partial charge in [-0.05, 0) is 53.5 Å². The third-order valence-electron chi connectivity index (χ3n) is 3.06. The lowest BCUT2D eigenvalue weighted by Gasteiger charge is -2.20. The van der Waals surface area contributed by atoms with Crippen molar-refractivity contribution in [1.29, 1.82) is 0 Å². The molecule has 4 heteroatoms. The van der Waals surface area contributed by atoms with Gasteiger partial charge in [0.2, 0.25) is 0 Å². The number of hydrogen-bond acceptors (Lipinski definition) is 3. The molecule has 94 valence electrons. The summed E-state index contributed by atoms with van der Waals surface area (Å²) in [6, 6.07) is 6.10. The van der Waals surface area contributed by atoms with Crippen molar-refractivity contribution < 1.29 is 4.74 Å². The Morgan fingerprint density at radius 2 is 2.35 bits per heavy atom. The summed E-state index contributed by atoms with van der Waals surface area (Å²) in [4.78, 5) is 2.30. The van der Waals surface area contributed by atoms with Gasteiger partial charge in [-0.2, -0.15) is 0 Å². The fourth-order valence-electron chi connectivity index (χ4n) is 2.18. The summed E-state index contributed by atoms with van der Waals surface area (Å²) in [6.45, 7) is 2.85. The molecule has 2 rings (SSSR count). The smallest absolute Gasteiger partial charge is 0.0702 e. The minimum Gasteiger partial charge on any atom is -0.398 e. The van der Waals surface area contributed by atoms with E-state index >= 15 is 0 Å². The topological polar surface area (TPSA) is 38.5 Å². The Hall–Kier alpha value is -0.580. The molecule has 0 amide bonds. The van der Waals surface area contributed by atoms with Gasteiger partial charge in [0, 0.05) is 29.9 Å². The average molecular weight is 299 g/mol. The van der Waals surface area contributed by atoms with Crippen molar-refractivity contribution in [2.75, 3.05) is 25.9 Å². The highest BCUT2D eigenvalue weighted by molar-refractivity contribution is 9.10. The van der Waals surface area contributed by atoms with E-state index in [1.807, 2.05) is 6.07 Å². The second-order valence-corrected chi connectivity index (χ2v) is 5.54. The number of hydrogen-bond donors (Lipinski definition) is 1. The van der Waals surface area contributed by atoms with Crippen LogP contribution in [0.5, 0.6) is 0 Å². The van der Waals surface area contributed by atoms with E-state index in [2.05, 4.69) is 40.0 Å². The minimum absolute atomic E-state index is 0.414. The number of nitrogens with zero attached hydrogens (tertiary/aromatic N) is 1. The number of rotatable bonds is 4. The summed E-state index contributed by atoms with van der Waals surface area (Å²) >= 11 is 3.46. The molecule has 0 saturated carbocycles. The first-order chi connectivity index (χ1) is 8.15. The van der Waals surface area contributed by atoms with E-state index in [0.29, 0.717) is 6.10 Å². The first-order valence-electron chi connectivity index (χ1n) is 5.99. The van der Waals surface area contributed by atoms with Crippen LogP contribution in [0.15, 0.2) is 22.7 Å². The second kappa shape index (κ2) is 5.85. The number of nitrogens with two attached hydrogens (primary N) is 1. The standard InChI is InChI=1S/C13H19BrN2O/c1-16(9-11-3-2-6-17-11)8-10-4-5-13(15)12(14)7-10/h4-5,7,11H,2-3,6,8-9,15H2,1H3. The van der Waals surface area contributed by atoms with Gasteiger partial charge in [0.1, 0.15) is 0 Å². The predicted molar refractivity (Wildman–Crippen MR) is 73.9 cm³/mol. The van der Waals surface area contributed by atoms with Crippen LogP contribution in [-0.2, 0) is 11.3 Å². The molecule has 2 N–H and O–H groups in total. The van der Waals surface area contributed by atoms with Crippen LogP contribution in [0, 0.1) is 0 Å². The number of benzene rings is 1. The summed E-state index contributed by atoms with van der Waals surface area (Å²) in [7, 11) is 2.13. The van der Waals surface area contributed by atoms with Crippen molar-refractivity contribution in [1.82, 2.24) is 4.90 Å². The Morgan fingerprint density at radius 3 is 3.00 bits per heavy atom. The lowest BCUT2D eigenvalue weighted by atomic mass is 10.2. The maximum Gasteiger partial charge on any atom is 0.0702 e. The molecule has 1 aliphatic rings. The first-order valence-corrected chi connectivity index (χ1v) is 6.78. The van der Waals surface area contributed by atoms with E-state index in [0.717, 1.165) is 29.9 Å². The van der Waals surface area contributed by atoms with Crippen LogP contribution >= 0.6 is 15.9 Å². The third kappa shape index (κ3) is 3.69. The van der Waals surface area contributed by atoms with Gasteiger partial charge in [-0.15, -0.1) is 0 Å². The van der Waals surface area contributed by atoms with Gasteiger partial charge in [-0.25, -0.2) is 0 Å². The van der Waals surface area contributed by atoms with Crippen molar-refractivity contribution in [3.05, 3.63) is 28.2 Å². The summed E-state index contributed by atoms with van der Waals surface area (Å²) < 4.78 is 6.61. The Kier molecular flexibility index (Phi) is 4.42.